The Morgan fingerprint density at radius 3 is 2.78 bits per heavy atom. The molecule has 2 N–H and O–H groups in total. The maximum Gasteiger partial charge on any atom is 0.267 e. The molecule has 0 unspecified atom stereocenters. The van der Waals surface area contributed by atoms with Gasteiger partial charge in [0.25, 0.3) is 11.5 Å². The van der Waals surface area contributed by atoms with E-state index in [-0.39, 0.29) is 22.7 Å². The molecule has 5 rings (SSSR count). The third-order valence-electron chi connectivity index (χ3n) is 5.77. The molecular formula is C24H23N5O3. The third kappa shape index (κ3) is 3.69. The second-order valence-corrected chi connectivity index (χ2v) is 7.90. The van der Waals surface area contributed by atoms with Gasteiger partial charge in [0.05, 0.1) is 23.6 Å². The van der Waals surface area contributed by atoms with E-state index in [1.165, 1.54) is 10.5 Å². The Morgan fingerprint density at radius 2 is 2.00 bits per heavy atom. The van der Waals surface area contributed by atoms with Gasteiger partial charge in [0.1, 0.15) is 16.8 Å². The van der Waals surface area contributed by atoms with Crippen molar-refractivity contribution < 1.29 is 9.53 Å². The third-order valence-corrected chi connectivity index (χ3v) is 5.77. The van der Waals surface area contributed by atoms with Gasteiger partial charge in [-0.3, -0.25) is 19.4 Å². The molecule has 4 heterocycles. The van der Waals surface area contributed by atoms with Crippen LogP contribution in [0.4, 0.5) is 0 Å². The lowest BCUT2D eigenvalue weighted by Gasteiger charge is -2.17. The van der Waals surface area contributed by atoms with Crippen molar-refractivity contribution in [3.8, 4) is 0 Å². The Balaban J connectivity index is 1.63. The first-order chi connectivity index (χ1) is 15.6. The Hall–Kier alpha value is -3.78. The van der Waals surface area contributed by atoms with Gasteiger partial charge in [-0.1, -0.05) is 36.4 Å². The zero-order chi connectivity index (χ0) is 22.1. The van der Waals surface area contributed by atoms with E-state index in [1.807, 2.05) is 36.4 Å². The van der Waals surface area contributed by atoms with Gasteiger partial charge in [0.2, 0.25) is 0 Å². The van der Waals surface area contributed by atoms with Crippen molar-refractivity contribution >= 4 is 22.6 Å². The van der Waals surface area contributed by atoms with Crippen molar-refractivity contribution in [2.24, 2.45) is 0 Å². The zero-order valence-corrected chi connectivity index (χ0v) is 17.5. The number of ether oxygens (including phenoxy) is 1. The second-order valence-electron chi connectivity index (χ2n) is 7.90. The number of hydrogen-bond donors (Lipinski definition) is 2. The summed E-state index contributed by atoms with van der Waals surface area (Å²) in [4.78, 5) is 30.9. The van der Waals surface area contributed by atoms with Gasteiger partial charge in [0.15, 0.2) is 0 Å². The van der Waals surface area contributed by atoms with Crippen LogP contribution in [0, 0.1) is 5.41 Å². The van der Waals surface area contributed by atoms with Crippen molar-refractivity contribution in [1.29, 1.82) is 5.41 Å². The summed E-state index contributed by atoms with van der Waals surface area (Å²) in [6.45, 7) is 1.37. The van der Waals surface area contributed by atoms with E-state index in [9.17, 15) is 9.59 Å². The van der Waals surface area contributed by atoms with Crippen LogP contribution in [0.2, 0.25) is 0 Å². The quantitative estimate of drug-likeness (QED) is 0.475. The SMILES string of the molecule is N=c1c(C(=O)NCc2ccccc2)cc2c(=O)n3ccccc3nc2n1C[C@H]1CCCO1. The number of nitrogens with one attached hydrogen (secondary N) is 2. The molecule has 0 bridgehead atoms. The first-order valence-electron chi connectivity index (χ1n) is 10.6. The molecule has 1 aromatic carbocycles. The van der Waals surface area contributed by atoms with Crippen LogP contribution in [0.15, 0.2) is 65.6 Å². The Bertz CT molecular complexity index is 1420. The summed E-state index contributed by atoms with van der Waals surface area (Å²) in [7, 11) is 0. The van der Waals surface area contributed by atoms with E-state index in [2.05, 4.69) is 10.3 Å². The number of carbonyl (C=O) groups is 1. The summed E-state index contributed by atoms with van der Waals surface area (Å²) in [5, 5.41) is 11.9. The van der Waals surface area contributed by atoms with Crippen molar-refractivity contribution in [2.75, 3.05) is 6.61 Å². The highest BCUT2D eigenvalue weighted by Gasteiger charge is 2.22. The molecule has 1 aliphatic rings. The van der Waals surface area contributed by atoms with Gasteiger partial charge in [-0.05, 0) is 36.6 Å². The van der Waals surface area contributed by atoms with Crippen molar-refractivity contribution in [3.05, 3.63) is 87.8 Å². The Labute approximate surface area is 183 Å². The number of pyridine rings is 2. The molecule has 0 aliphatic carbocycles. The molecule has 162 valence electrons. The van der Waals surface area contributed by atoms with E-state index in [1.54, 1.807) is 22.9 Å². The average Bonchev–Trinajstić information content (AvgIpc) is 3.34. The normalized spacial score (nSPS) is 15.9. The summed E-state index contributed by atoms with van der Waals surface area (Å²) < 4.78 is 8.86. The van der Waals surface area contributed by atoms with Gasteiger partial charge < -0.3 is 14.6 Å². The molecule has 8 nitrogen and oxygen atoms in total. The van der Waals surface area contributed by atoms with Gasteiger partial charge in [0, 0.05) is 19.3 Å². The van der Waals surface area contributed by atoms with E-state index < -0.39 is 5.91 Å². The average molecular weight is 429 g/mol. The number of hydrogen-bond acceptors (Lipinski definition) is 5. The van der Waals surface area contributed by atoms with Gasteiger partial charge in [-0.25, -0.2) is 4.98 Å². The summed E-state index contributed by atoms with van der Waals surface area (Å²) >= 11 is 0. The molecule has 1 fully saturated rings. The number of aromatic nitrogens is 3. The first-order valence-corrected chi connectivity index (χ1v) is 10.6. The first kappa shape index (κ1) is 20.1. The molecule has 4 aromatic rings. The molecule has 1 amide bonds. The van der Waals surface area contributed by atoms with E-state index >= 15 is 0 Å². The number of nitrogens with zero attached hydrogens (tertiary/aromatic N) is 3. The van der Waals surface area contributed by atoms with Crippen molar-refractivity contribution in [1.82, 2.24) is 19.3 Å². The Kier molecular flexibility index (Phi) is 5.28. The molecule has 0 radical (unpaired) electrons. The van der Waals surface area contributed by atoms with Crippen LogP contribution in [0.5, 0.6) is 0 Å². The maximum atomic E-state index is 13.2. The minimum absolute atomic E-state index is 0.0192. The highest BCUT2D eigenvalue weighted by molar-refractivity contribution is 5.96. The van der Waals surface area contributed by atoms with Crippen LogP contribution in [-0.4, -0.2) is 32.6 Å². The van der Waals surface area contributed by atoms with Gasteiger partial charge in [-0.15, -0.1) is 0 Å². The van der Waals surface area contributed by atoms with Crippen molar-refractivity contribution in [2.45, 2.75) is 32.0 Å². The molecular weight excluding hydrogens is 406 g/mol. The summed E-state index contributed by atoms with van der Waals surface area (Å²) in [6.07, 6.45) is 3.39. The summed E-state index contributed by atoms with van der Waals surface area (Å²) in [6, 6.07) is 16.4. The van der Waals surface area contributed by atoms with Crippen LogP contribution >= 0.6 is 0 Å². The molecule has 3 aromatic heterocycles. The van der Waals surface area contributed by atoms with Crippen molar-refractivity contribution in [3.63, 3.8) is 0 Å². The topological polar surface area (TPSA) is 101 Å². The summed E-state index contributed by atoms with van der Waals surface area (Å²) in [5.41, 5.74) is 1.72. The predicted octanol–water partition coefficient (Wildman–Crippen LogP) is 2.24. The molecule has 1 saturated heterocycles. The molecule has 8 heteroatoms. The fraction of sp³-hybridized carbons (Fsp3) is 0.250. The molecule has 1 atom stereocenters. The standard InChI is InChI=1S/C24H23N5O3/c25-21-18(23(30)26-14-16-7-2-1-3-8-16)13-19-22(29(21)15-17-9-6-12-32-17)27-20-10-4-5-11-28(20)24(19)31/h1-5,7-8,10-11,13,17,25H,6,9,12,14-15H2,(H,26,30)/t17-/m1/s1. The zero-order valence-electron chi connectivity index (χ0n) is 17.5. The van der Waals surface area contributed by atoms with E-state index in [4.69, 9.17) is 10.1 Å². The Morgan fingerprint density at radius 1 is 1.19 bits per heavy atom. The largest absolute Gasteiger partial charge is 0.376 e. The number of carbonyl (C=O) groups excluding carboxylic acids is 1. The fourth-order valence-electron chi connectivity index (χ4n) is 4.10. The van der Waals surface area contributed by atoms with Crippen LogP contribution < -0.4 is 16.4 Å². The molecule has 0 spiro atoms. The van der Waals surface area contributed by atoms with Crippen LogP contribution in [0.3, 0.4) is 0 Å². The van der Waals surface area contributed by atoms with Gasteiger partial charge in [-0.2, -0.15) is 0 Å². The number of fused-ring (bicyclic) bond motifs is 2. The second kappa shape index (κ2) is 8.39. The minimum Gasteiger partial charge on any atom is -0.376 e. The van der Waals surface area contributed by atoms with E-state index in [0.717, 1.165) is 18.4 Å². The molecule has 1 aliphatic heterocycles. The maximum absolute atomic E-state index is 13.2. The van der Waals surface area contributed by atoms with Crippen LogP contribution in [-0.2, 0) is 17.8 Å². The number of rotatable bonds is 5. The summed E-state index contributed by atoms with van der Waals surface area (Å²) in [5.74, 6) is -0.403. The predicted molar refractivity (Wildman–Crippen MR) is 119 cm³/mol. The lowest BCUT2D eigenvalue weighted by atomic mass is 10.1. The monoisotopic (exact) mass is 429 g/mol. The smallest absolute Gasteiger partial charge is 0.267 e. The molecule has 0 saturated carbocycles. The van der Waals surface area contributed by atoms with Crippen LogP contribution in [0.1, 0.15) is 28.8 Å². The lowest BCUT2D eigenvalue weighted by molar-refractivity contribution is 0.0931. The lowest BCUT2D eigenvalue weighted by Crippen LogP contribution is -2.36. The minimum atomic E-state index is -0.403. The molecule has 32 heavy (non-hydrogen) atoms. The number of benzene rings is 1. The highest BCUT2D eigenvalue weighted by Crippen LogP contribution is 2.17. The van der Waals surface area contributed by atoms with Crippen LogP contribution in [0.25, 0.3) is 16.7 Å². The highest BCUT2D eigenvalue weighted by atomic mass is 16.5. The fourth-order valence-corrected chi connectivity index (χ4v) is 4.10. The van der Waals surface area contributed by atoms with E-state index in [0.29, 0.717) is 36.4 Å². The van der Waals surface area contributed by atoms with Gasteiger partial charge >= 0.3 is 0 Å². The number of amides is 1.